The lowest BCUT2D eigenvalue weighted by molar-refractivity contribution is -0.142. The number of rotatable bonds is 5. The van der Waals surface area contributed by atoms with Crippen molar-refractivity contribution in [3.63, 3.8) is 0 Å². The Morgan fingerprint density at radius 2 is 2.03 bits per heavy atom. The Kier molecular flexibility index (Phi) is 6.08. The molecule has 5 rings (SSSR count). The van der Waals surface area contributed by atoms with E-state index in [1.54, 1.807) is 11.1 Å². The maximum absolute atomic E-state index is 13.0. The minimum Gasteiger partial charge on any atom is -0.356 e. The second kappa shape index (κ2) is 9.04. The van der Waals surface area contributed by atoms with E-state index in [1.165, 1.54) is 12.0 Å². The molecule has 5 heterocycles. The van der Waals surface area contributed by atoms with Gasteiger partial charge >= 0.3 is 0 Å². The zero-order valence-corrected chi connectivity index (χ0v) is 20.8. The van der Waals surface area contributed by atoms with Crippen LogP contribution in [0, 0.1) is 25.7 Å². The van der Waals surface area contributed by atoms with Gasteiger partial charge in [-0.1, -0.05) is 0 Å². The van der Waals surface area contributed by atoms with Crippen molar-refractivity contribution in [1.29, 1.82) is 0 Å². The predicted octanol–water partition coefficient (Wildman–Crippen LogP) is 2.58. The molecule has 2 aromatic rings. The Morgan fingerprint density at radius 1 is 1.21 bits per heavy atom. The number of likely N-dealkylation sites (N-methyl/N-ethyl adjacent to an activating group) is 1. The molecule has 2 amide bonds. The molecule has 0 radical (unpaired) electrons. The van der Waals surface area contributed by atoms with Gasteiger partial charge in [-0.2, -0.15) is 5.10 Å². The highest BCUT2D eigenvalue weighted by atomic mass is 16.2. The number of aromatic nitrogens is 3. The third-order valence-corrected chi connectivity index (χ3v) is 8.20. The largest absolute Gasteiger partial charge is 0.356 e. The van der Waals surface area contributed by atoms with E-state index < -0.39 is 0 Å². The number of hydrogen-bond acceptors (Lipinski definition) is 5. The van der Waals surface area contributed by atoms with E-state index in [0.29, 0.717) is 42.3 Å². The number of nitrogens with zero attached hydrogens (tertiary/aromatic N) is 6. The number of carbonyl (C=O) groups is 2. The highest BCUT2D eigenvalue weighted by molar-refractivity contribution is 5.94. The molecule has 0 unspecified atom stereocenters. The number of aryl methyl sites for hydroxylation is 2. The fourth-order valence-corrected chi connectivity index (χ4v) is 6.28. The highest BCUT2D eigenvalue weighted by Crippen LogP contribution is 2.38. The van der Waals surface area contributed by atoms with E-state index in [-0.39, 0.29) is 5.91 Å². The number of fused-ring (bicyclic) bond motifs is 4. The quantitative estimate of drug-likeness (QED) is 0.680. The number of anilines is 1. The summed E-state index contributed by atoms with van der Waals surface area (Å²) in [6.07, 6.45) is 6.58. The van der Waals surface area contributed by atoms with Crippen molar-refractivity contribution in [1.82, 2.24) is 24.6 Å². The molecule has 3 aliphatic rings. The summed E-state index contributed by atoms with van der Waals surface area (Å²) in [6, 6.07) is 4.28. The standard InChI is InChI=1S/C26H36N6O2/c1-17-22(18(2)30(4)28-17)10-11-29(3)26(34)20-8-9-24(27-13-20)31-14-19-12-21(16-31)23-6-5-7-25(33)32(23)15-19/h8-9,13,19,21,23H,5-7,10-12,14-16H2,1-4H3/t19-,21-,23-/m1/s1. The SMILES string of the molecule is Cc1nn(C)c(C)c1CCN(C)C(=O)c1ccc(N2C[C@H]3C[C@H](C2)[C@H]2CCCC(=O)N2C3)nc1. The molecule has 3 fully saturated rings. The molecular weight excluding hydrogens is 428 g/mol. The molecule has 34 heavy (non-hydrogen) atoms. The first-order valence-electron chi connectivity index (χ1n) is 12.6. The molecule has 182 valence electrons. The van der Waals surface area contributed by atoms with Crippen LogP contribution in [0.25, 0.3) is 0 Å². The summed E-state index contributed by atoms with van der Waals surface area (Å²) in [5.74, 6) is 2.30. The summed E-state index contributed by atoms with van der Waals surface area (Å²) in [5.41, 5.74) is 4.01. The third kappa shape index (κ3) is 4.18. The van der Waals surface area contributed by atoms with Crippen LogP contribution in [0.3, 0.4) is 0 Å². The molecule has 2 bridgehead atoms. The molecule has 3 atom stereocenters. The van der Waals surface area contributed by atoms with Crippen LogP contribution in [0.2, 0.25) is 0 Å². The Bertz CT molecular complexity index is 1080. The van der Waals surface area contributed by atoms with Crippen molar-refractivity contribution in [2.75, 3.05) is 38.1 Å². The second-order valence-electron chi connectivity index (χ2n) is 10.4. The Hall–Kier alpha value is -2.90. The molecule has 3 saturated heterocycles. The smallest absolute Gasteiger partial charge is 0.255 e. The molecule has 0 N–H and O–H groups in total. The molecule has 8 nitrogen and oxygen atoms in total. The van der Waals surface area contributed by atoms with Crippen LogP contribution in [0.4, 0.5) is 5.82 Å². The number of amides is 2. The zero-order valence-electron chi connectivity index (χ0n) is 20.8. The van der Waals surface area contributed by atoms with Crippen LogP contribution < -0.4 is 4.90 Å². The summed E-state index contributed by atoms with van der Waals surface area (Å²) in [7, 11) is 3.80. The number of pyridine rings is 1. The van der Waals surface area contributed by atoms with Crippen LogP contribution in [-0.4, -0.2) is 75.6 Å². The van der Waals surface area contributed by atoms with E-state index in [1.807, 2.05) is 37.8 Å². The molecule has 0 spiro atoms. The van der Waals surface area contributed by atoms with Crippen LogP contribution in [0.15, 0.2) is 18.3 Å². The van der Waals surface area contributed by atoms with E-state index in [2.05, 4.69) is 26.8 Å². The van der Waals surface area contributed by atoms with Gasteiger partial charge in [-0.05, 0) is 69.1 Å². The maximum Gasteiger partial charge on any atom is 0.255 e. The van der Waals surface area contributed by atoms with Gasteiger partial charge in [-0.25, -0.2) is 4.98 Å². The average Bonchev–Trinajstić information content (AvgIpc) is 3.08. The predicted molar refractivity (Wildman–Crippen MR) is 131 cm³/mol. The zero-order chi connectivity index (χ0) is 24.0. The van der Waals surface area contributed by atoms with Crippen LogP contribution >= 0.6 is 0 Å². The summed E-state index contributed by atoms with van der Waals surface area (Å²) in [5, 5.41) is 4.47. The van der Waals surface area contributed by atoms with Gasteiger partial charge in [0.25, 0.3) is 5.91 Å². The molecule has 0 aromatic carbocycles. The van der Waals surface area contributed by atoms with Gasteiger partial charge in [0.15, 0.2) is 0 Å². The van der Waals surface area contributed by atoms with Gasteiger partial charge in [0.1, 0.15) is 5.82 Å². The van der Waals surface area contributed by atoms with E-state index in [4.69, 9.17) is 0 Å². The monoisotopic (exact) mass is 464 g/mol. The number of piperidine rings is 3. The molecule has 2 aromatic heterocycles. The van der Waals surface area contributed by atoms with Gasteiger partial charge in [-0.15, -0.1) is 0 Å². The summed E-state index contributed by atoms with van der Waals surface area (Å²) in [4.78, 5) is 36.4. The van der Waals surface area contributed by atoms with Crippen LogP contribution in [-0.2, 0) is 18.3 Å². The van der Waals surface area contributed by atoms with Crippen molar-refractivity contribution >= 4 is 17.6 Å². The Morgan fingerprint density at radius 3 is 2.74 bits per heavy atom. The maximum atomic E-state index is 13.0. The van der Waals surface area contributed by atoms with Gasteiger partial charge in [-0.3, -0.25) is 14.3 Å². The summed E-state index contributed by atoms with van der Waals surface area (Å²) >= 11 is 0. The number of carbonyl (C=O) groups excluding carboxylic acids is 2. The summed E-state index contributed by atoms with van der Waals surface area (Å²) < 4.78 is 1.90. The topological polar surface area (TPSA) is 74.6 Å². The normalized spacial score (nSPS) is 24.2. The first kappa shape index (κ1) is 22.9. The van der Waals surface area contributed by atoms with Crippen molar-refractivity contribution in [3.05, 3.63) is 40.8 Å². The van der Waals surface area contributed by atoms with E-state index in [0.717, 1.165) is 56.1 Å². The fraction of sp³-hybridized carbons (Fsp3) is 0.615. The first-order valence-corrected chi connectivity index (χ1v) is 12.6. The van der Waals surface area contributed by atoms with Crippen LogP contribution in [0.5, 0.6) is 0 Å². The van der Waals surface area contributed by atoms with E-state index >= 15 is 0 Å². The lowest BCUT2D eigenvalue weighted by Crippen LogP contribution is -2.60. The second-order valence-corrected chi connectivity index (χ2v) is 10.4. The molecule has 3 aliphatic heterocycles. The lowest BCUT2D eigenvalue weighted by Gasteiger charge is -2.52. The Balaban J connectivity index is 1.21. The highest BCUT2D eigenvalue weighted by Gasteiger charge is 2.44. The van der Waals surface area contributed by atoms with Gasteiger partial charge < -0.3 is 14.7 Å². The van der Waals surface area contributed by atoms with Crippen LogP contribution in [0.1, 0.15) is 53.0 Å². The van der Waals surface area contributed by atoms with Crippen molar-refractivity contribution in [3.8, 4) is 0 Å². The molecule has 0 aliphatic carbocycles. The minimum atomic E-state index is -0.00915. The molecule has 8 heteroatoms. The third-order valence-electron chi connectivity index (χ3n) is 8.20. The average molecular weight is 465 g/mol. The minimum absolute atomic E-state index is 0.00915. The van der Waals surface area contributed by atoms with Crippen molar-refractivity contribution < 1.29 is 9.59 Å². The number of hydrogen-bond donors (Lipinski definition) is 0. The van der Waals surface area contributed by atoms with Gasteiger partial charge in [0, 0.05) is 64.6 Å². The molecular formula is C26H36N6O2. The van der Waals surface area contributed by atoms with Crippen molar-refractivity contribution in [2.24, 2.45) is 18.9 Å². The van der Waals surface area contributed by atoms with E-state index in [9.17, 15) is 9.59 Å². The van der Waals surface area contributed by atoms with Crippen molar-refractivity contribution in [2.45, 2.75) is 52.0 Å². The van der Waals surface area contributed by atoms with Gasteiger partial charge in [0.2, 0.25) is 5.91 Å². The van der Waals surface area contributed by atoms with Gasteiger partial charge in [0.05, 0.1) is 11.3 Å². The molecule has 0 saturated carbocycles. The Labute approximate surface area is 201 Å². The lowest BCUT2D eigenvalue weighted by atomic mass is 9.76. The first-order chi connectivity index (χ1) is 16.3. The summed E-state index contributed by atoms with van der Waals surface area (Å²) in [6.45, 7) is 7.48. The fourth-order valence-electron chi connectivity index (χ4n) is 6.28.